The first-order valence-corrected chi connectivity index (χ1v) is 12.0. The van der Waals surface area contributed by atoms with Crippen LogP contribution in [0.5, 0.6) is 0 Å². The van der Waals surface area contributed by atoms with Crippen LogP contribution in [-0.4, -0.2) is 45.5 Å². The van der Waals surface area contributed by atoms with E-state index < -0.39 is 6.03 Å². The Bertz CT molecular complexity index is 981. The number of amides is 3. The second-order valence-corrected chi connectivity index (χ2v) is 9.07. The van der Waals surface area contributed by atoms with E-state index in [4.69, 9.17) is 4.42 Å². The number of hydrogen-bond acceptors (Lipinski definition) is 8. The van der Waals surface area contributed by atoms with Gasteiger partial charge in [0.05, 0.1) is 25.1 Å². The number of nitrogens with zero attached hydrogens (tertiary/aromatic N) is 4. The summed E-state index contributed by atoms with van der Waals surface area (Å²) in [5.74, 6) is 1.24. The molecule has 0 aliphatic carbocycles. The third-order valence-corrected chi connectivity index (χ3v) is 6.66. The summed E-state index contributed by atoms with van der Waals surface area (Å²) in [4.78, 5) is 27.4. The Morgan fingerprint density at radius 2 is 2.03 bits per heavy atom. The molecule has 11 heteroatoms. The number of rotatable bonds is 8. The van der Waals surface area contributed by atoms with Gasteiger partial charge in [0, 0.05) is 18.0 Å². The molecular formula is C20H24N6O3S2. The van der Waals surface area contributed by atoms with Crippen LogP contribution < -0.4 is 15.5 Å². The lowest BCUT2D eigenvalue weighted by molar-refractivity contribution is -0.117. The molecule has 31 heavy (non-hydrogen) atoms. The molecule has 1 aliphatic heterocycles. The standard InChI is InChI=1S/C20H24N6O3S2/c27-17(22-18(28)21-12-16-7-5-11-30-16)14-31-20-24-23-19(25-8-2-1-3-9-25)26(20)13-15-6-4-10-29-15/h4-7,10-11H,1-3,8-9,12-14H2,(H2,21,22,27,28). The first-order chi connectivity index (χ1) is 15.2. The van der Waals surface area contributed by atoms with E-state index in [0.717, 1.165) is 42.5 Å². The largest absolute Gasteiger partial charge is 0.467 e. The summed E-state index contributed by atoms with van der Waals surface area (Å²) < 4.78 is 7.48. The normalized spacial score (nSPS) is 13.9. The molecule has 2 N–H and O–H groups in total. The molecule has 0 radical (unpaired) electrons. The van der Waals surface area contributed by atoms with Crippen molar-refractivity contribution in [2.75, 3.05) is 23.7 Å². The maximum absolute atomic E-state index is 12.2. The van der Waals surface area contributed by atoms with Gasteiger partial charge in [0.15, 0.2) is 5.16 Å². The van der Waals surface area contributed by atoms with Gasteiger partial charge in [-0.05, 0) is 42.8 Å². The van der Waals surface area contributed by atoms with Gasteiger partial charge < -0.3 is 14.6 Å². The average Bonchev–Trinajstić information content (AvgIpc) is 3.55. The molecule has 1 aliphatic rings. The van der Waals surface area contributed by atoms with E-state index in [9.17, 15) is 9.59 Å². The summed E-state index contributed by atoms with van der Waals surface area (Å²) in [6.07, 6.45) is 5.10. The molecule has 1 fully saturated rings. The highest BCUT2D eigenvalue weighted by atomic mass is 32.2. The van der Waals surface area contributed by atoms with E-state index in [-0.39, 0.29) is 11.7 Å². The second kappa shape index (κ2) is 10.5. The zero-order valence-corrected chi connectivity index (χ0v) is 18.6. The van der Waals surface area contributed by atoms with Gasteiger partial charge in [0.1, 0.15) is 5.76 Å². The zero-order chi connectivity index (χ0) is 21.5. The fraction of sp³-hybridized carbons (Fsp3) is 0.400. The van der Waals surface area contributed by atoms with E-state index in [2.05, 4.69) is 25.7 Å². The molecule has 1 saturated heterocycles. The van der Waals surface area contributed by atoms with Gasteiger partial charge in [0.2, 0.25) is 11.9 Å². The van der Waals surface area contributed by atoms with E-state index in [1.165, 1.54) is 18.2 Å². The van der Waals surface area contributed by atoms with Crippen LogP contribution in [0.4, 0.5) is 10.7 Å². The van der Waals surface area contributed by atoms with Crippen LogP contribution in [0, 0.1) is 0 Å². The van der Waals surface area contributed by atoms with Gasteiger partial charge in [-0.1, -0.05) is 17.8 Å². The minimum Gasteiger partial charge on any atom is -0.467 e. The summed E-state index contributed by atoms with van der Waals surface area (Å²) >= 11 is 2.80. The molecule has 3 aromatic rings. The van der Waals surface area contributed by atoms with Crippen LogP contribution in [0.15, 0.2) is 45.5 Å². The summed E-state index contributed by atoms with van der Waals surface area (Å²) in [5.41, 5.74) is 0. The van der Waals surface area contributed by atoms with E-state index in [1.54, 1.807) is 17.6 Å². The van der Waals surface area contributed by atoms with Crippen molar-refractivity contribution in [3.8, 4) is 0 Å². The van der Waals surface area contributed by atoms with Gasteiger partial charge in [-0.2, -0.15) is 0 Å². The van der Waals surface area contributed by atoms with Gasteiger partial charge in [-0.3, -0.25) is 14.7 Å². The predicted octanol–water partition coefficient (Wildman–Crippen LogP) is 3.09. The number of piperidine rings is 1. The molecule has 0 spiro atoms. The van der Waals surface area contributed by atoms with Crippen LogP contribution in [0.25, 0.3) is 0 Å². The van der Waals surface area contributed by atoms with Crippen LogP contribution in [-0.2, 0) is 17.9 Å². The van der Waals surface area contributed by atoms with E-state index >= 15 is 0 Å². The fourth-order valence-electron chi connectivity index (χ4n) is 3.33. The van der Waals surface area contributed by atoms with Crippen LogP contribution in [0.1, 0.15) is 29.9 Å². The molecule has 3 amide bonds. The molecule has 0 unspecified atom stereocenters. The first-order valence-electron chi connectivity index (χ1n) is 10.1. The molecule has 164 valence electrons. The summed E-state index contributed by atoms with van der Waals surface area (Å²) in [5, 5.41) is 16.3. The van der Waals surface area contributed by atoms with Crippen molar-refractivity contribution in [3.63, 3.8) is 0 Å². The summed E-state index contributed by atoms with van der Waals surface area (Å²) in [6.45, 7) is 2.75. The minimum absolute atomic E-state index is 0.0582. The summed E-state index contributed by atoms with van der Waals surface area (Å²) in [7, 11) is 0. The van der Waals surface area contributed by atoms with E-state index in [1.807, 2.05) is 34.2 Å². The maximum atomic E-state index is 12.2. The molecule has 4 heterocycles. The number of thioether (sulfide) groups is 1. The van der Waals surface area contributed by atoms with E-state index in [0.29, 0.717) is 18.2 Å². The van der Waals surface area contributed by atoms with Crippen molar-refractivity contribution in [1.29, 1.82) is 0 Å². The maximum Gasteiger partial charge on any atom is 0.321 e. The van der Waals surface area contributed by atoms with Crippen LogP contribution >= 0.6 is 23.1 Å². The smallest absolute Gasteiger partial charge is 0.321 e. The van der Waals surface area contributed by atoms with Crippen LogP contribution in [0.2, 0.25) is 0 Å². The van der Waals surface area contributed by atoms with Crippen molar-refractivity contribution in [3.05, 3.63) is 46.5 Å². The SMILES string of the molecule is O=C(CSc1nnc(N2CCCCC2)n1Cc1ccco1)NC(=O)NCc1cccs1. The number of carbonyl (C=O) groups excluding carboxylic acids is 2. The Balaban J connectivity index is 1.36. The lowest BCUT2D eigenvalue weighted by atomic mass is 10.1. The lowest BCUT2D eigenvalue weighted by Crippen LogP contribution is -2.39. The Kier molecular flexibility index (Phi) is 7.26. The predicted molar refractivity (Wildman–Crippen MR) is 119 cm³/mol. The van der Waals surface area contributed by atoms with Crippen molar-refractivity contribution >= 4 is 41.0 Å². The zero-order valence-electron chi connectivity index (χ0n) is 17.0. The number of furan rings is 1. The molecule has 0 aromatic carbocycles. The Hall–Kier alpha value is -2.79. The van der Waals surface area contributed by atoms with Gasteiger partial charge in [-0.25, -0.2) is 4.79 Å². The molecule has 4 rings (SSSR count). The number of hydrogen-bond donors (Lipinski definition) is 2. The lowest BCUT2D eigenvalue weighted by Gasteiger charge is -2.27. The van der Waals surface area contributed by atoms with Crippen molar-refractivity contribution < 1.29 is 14.0 Å². The first kappa shape index (κ1) is 21.4. The van der Waals surface area contributed by atoms with Gasteiger partial charge >= 0.3 is 6.03 Å². The molecule has 3 aromatic heterocycles. The average molecular weight is 461 g/mol. The Morgan fingerprint density at radius 1 is 1.16 bits per heavy atom. The Labute approximate surface area is 188 Å². The molecule has 0 saturated carbocycles. The minimum atomic E-state index is -0.509. The molecule has 9 nitrogen and oxygen atoms in total. The number of nitrogens with one attached hydrogen (secondary N) is 2. The van der Waals surface area contributed by atoms with Gasteiger partial charge in [0.25, 0.3) is 0 Å². The molecule has 0 atom stereocenters. The highest BCUT2D eigenvalue weighted by Crippen LogP contribution is 2.25. The number of imide groups is 1. The number of aromatic nitrogens is 3. The summed E-state index contributed by atoms with van der Waals surface area (Å²) in [6, 6.07) is 7.08. The highest BCUT2D eigenvalue weighted by Gasteiger charge is 2.22. The van der Waals surface area contributed by atoms with Crippen molar-refractivity contribution in [1.82, 2.24) is 25.4 Å². The third-order valence-electron chi connectivity index (χ3n) is 4.82. The fourth-order valence-corrected chi connectivity index (χ4v) is 4.71. The van der Waals surface area contributed by atoms with Gasteiger partial charge in [-0.15, -0.1) is 21.5 Å². The number of anilines is 1. The molecule has 0 bridgehead atoms. The third kappa shape index (κ3) is 5.88. The topological polar surface area (TPSA) is 105 Å². The van der Waals surface area contributed by atoms with Crippen molar-refractivity contribution in [2.24, 2.45) is 0 Å². The quantitative estimate of drug-likeness (QED) is 0.498. The highest BCUT2D eigenvalue weighted by molar-refractivity contribution is 7.99. The Morgan fingerprint density at radius 3 is 2.77 bits per heavy atom. The monoisotopic (exact) mass is 460 g/mol. The number of carbonyl (C=O) groups is 2. The number of thiophene rings is 1. The second-order valence-electron chi connectivity index (χ2n) is 7.09. The number of urea groups is 1. The van der Waals surface area contributed by atoms with Crippen LogP contribution in [0.3, 0.4) is 0 Å². The molecular weight excluding hydrogens is 436 g/mol. The van der Waals surface area contributed by atoms with Crippen molar-refractivity contribution in [2.45, 2.75) is 37.5 Å².